The first-order valence-corrected chi connectivity index (χ1v) is 9.12. The average molecular weight is 403 g/mol. The topological polar surface area (TPSA) is 150 Å². The molecule has 29 heavy (non-hydrogen) atoms. The molecule has 1 aromatic carbocycles. The monoisotopic (exact) mass is 403 g/mol. The molecule has 3 rings (SSSR count). The average Bonchev–Trinajstić information content (AvgIpc) is 3.08. The fourth-order valence-electron chi connectivity index (χ4n) is 2.78. The number of rotatable bonds is 8. The van der Waals surface area contributed by atoms with Gasteiger partial charge in [-0.05, 0) is 18.1 Å². The molecule has 0 aliphatic heterocycles. The highest BCUT2D eigenvalue weighted by molar-refractivity contribution is 5.83. The summed E-state index contributed by atoms with van der Waals surface area (Å²) in [5, 5.41) is 44.1. The van der Waals surface area contributed by atoms with Gasteiger partial charge in [0.15, 0.2) is 28.5 Å². The van der Waals surface area contributed by atoms with Crippen LogP contribution in [0.2, 0.25) is 0 Å². The second kappa shape index (κ2) is 8.35. The van der Waals surface area contributed by atoms with Gasteiger partial charge in [-0.2, -0.15) is 9.97 Å². The molecule has 11 heteroatoms. The third kappa shape index (κ3) is 4.09. The van der Waals surface area contributed by atoms with Crippen molar-refractivity contribution in [2.75, 3.05) is 24.4 Å². The van der Waals surface area contributed by atoms with Crippen LogP contribution in [0.15, 0.2) is 12.1 Å². The van der Waals surface area contributed by atoms with Crippen LogP contribution in [0.1, 0.15) is 19.4 Å². The van der Waals surface area contributed by atoms with Crippen LogP contribution in [0, 0.1) is 5.92 Å². The van der Waals surface area contributed by atoms with Gasteiger partial charge < -0.3 is 30.7 Å². The normalized spacial score (nSPS) is 12.3. The van der Waals surface area contributed by atoms with E-state index >= 15 is 0 Å². The molecule has 3 aromatic rings. The highest BCUT2D eigenvalue weighted by atomic mass is 16.5. The number of aliphatic hydroxyl groups excluding tert-OH is 1. The van der Waals surface area contributed by atoms with Crippen molar-refractivity contribution < 1.29 is 20.1 Å². The first-order chi connectivity index (χ1) is 13.8. The number of nitrogens with one attached hydrogen (secondary N) is 2. The molecule has 2 aromatic heterocycles. The number of fused-ring (bicyclic) bond motifs is 1. The third-order valence-electron chi connectivity index (χ3n) is 4.63. The van der Waals surface area contributed by atoms with Crippen molar-refractivity contribution in [2.24, 2.45) is 13.0 Å². The van der Waals surface area contributed by atoms with E-state index in [9.17, 15) is 15.3 Å². The van der Waals surface area contributed by atoms with Crippen molar-refractivity contribution in [2.45, 2.75) is 26.4 Å². The molecule has 0 aliphatic carbocycles. The van der Waals surface area contributed by atoms with Gasteiger partial charge in [-0.15, -0.1) is 5.10 Å². The van der Waals surface area contributed by atoms with Crippen LogP contribution in [-0.2, 0) is 13.6 Å². The maximum Gasteiger partial charge on any atom is 0.227 e. The second-order valence-electron chi connectivity index (χ2n) is 6.94. The highest BCUT2D eigenvalue weighted by Gasteiger charge is 2.18. The number of nitrogens with zero attached hydrogens (tertiary/aromatic N) is 5. The highest BCUT2D eigenvalue weighted by Crippen LogP contribution is 2.38. The van der Waals surface area contributed by atoms with E-state index in [2.05, 4.69) is 30.9 Å². The number of hydrogen-bond acceptors (Lipinski definition) is 10. The Morgan fingerprint density at radius 2 is 1.93 bits per heavy atom. The van der Waals surface area contributed by atoms with E-state index < -0.39 is 0 Å². The number of phenolic OH excluding ortho intramolecular Hbond substituents is 2. The van der Waals surface area contributed by atoms with Gasteiger partial charge in [0, 0.05) is 19.2 Å². The Balaban J connectivity index is 1.91. The van der Waals surface area contributed by atoms with Crippen molar-refractivity contribution in [3.8, 4) is 17.2 Å². The van der Waals surface area contributed by atoms with E-state index in [1.165, 1.54) is 11.8 Å². The minimum atomic E-state index is -0.329. The number of aryl methyl sites for hydroxylation is 1. The van der Waals surface area contributed by atoms with Gasteiger partial charge in [0.2, 0.25) is 11.7 Å². The minimum absolute atomic E-state index is 0.0650. The molecule has 1 atom stereocenters. The molecule has 0 unspecified atom stereocenters. The molecule has 0 radical (unpaired) electrons. The van der Waals surface area contributed by atoms with Gasteiger partial charge in [0.1, 0.15) is 0 Å². The first kappa shape index (κ1) is 20.4. The van der Waals surface area contributed by atoms with Gasteiger partial charge in [0.25, 0.3) is 0 Å². The third-order valence-corrected chi connectivity index (χ3v) is 4.63. The van der Waals surface area contributed by atoms with Gasteiger partial charge in [-0.1, -0.05) is 19.1 Å². The number of phenols is 2. The van der Waals surface area contributed by atoms with Crippen molar-refractivity contribution >= 4 is 22.9 Å². The number of aromatic hydroxyl groups is 2. The predicted molar refractivity (Wildman–Crippen MR) is 107 cm³/mol. The minimum Gasteiger partial charge on any atom is -0.504 e. The lowest BCUT2D eigenvalue weighted by Gasteiger charge is -2.20. The SMILES string of the molecule is COc1ccc(CNc2nc(N[C@@H](CO)C(C)C)nc3c2nnn3C)c(O)c1O. The van der Waals surface area contributed by atoms with E-state index in [-0.39, 0.29) is 42.4 Å². The number of aliphatic hydroxyl groups is 1. The van der Waals surface area contributed by atoms with Crippen molar-refractivity contribution in [1.82, 2.24) is 25.0 Å². The molecular weight excluding hydrogens is 378 g/mol. The van der Waals surface area contributed by atoms with Crippen LogP contribution in [0.3, 0.4) is 0 Å². The Morgan fingerprint density at radius 3 is 2.59 bits per heavy atom. The zero-order valence-electron chi connectivity index (χ0n) is 16.7. The number of hydrogen-bond donors (Lipinski definition) is 5. The van der Waals surface area contributed by atoms with E-state index in [4.69, 9.17) is 4.74 Å². The smallest absolute Gasteiger partial charge is 0.227 e. The predicted octanol–water partition coefficient (Wildman–Crippen LogP) is 1.22. The number of methoxy groups -OCH3 is 1. The van der Waals surface area contributed by atoms with Gasteiger partial charge >= 0.3 is 0 Å². The summed E-state index contributed by atoms with van der Waals surface area (Å²) in [4.78, 5) is 8.89. The summed E-state index contributed by atoms with van der Waals surface area (Å²) in [5.41, 5.74) is 1.41. The van der Waals surface area contributed by atoms with Crippen LogP contribution in [0.4, 0.5) is 11.8 Å². The quantitative estimate of drug-likeness (QED) is 0.347. The molecule has 0 bridgehead atoms. The lowest BCUT2D eigenvalue weighted by atomic mass is 10.1. The van der Waals surface area contributed by atoms with E-state index in [0.717, 1.165) is 0 Å². The molecule has 0 spiro atoms. The van der Waals surface area contributed by atoms with Crippen LogP contribution < -0.4 is 15.4 Å². The van der Waals surface area contributed by atoms with Gasteiger partial charge in [0.05, 0.1) is 19.8 Å². The number of benzene rings is 1. The standard InChI is InChI=1S/C18H25N7O4/c1-9(2)11(8-26)20-18-21-16(13-17(22-18)25(3)24-23-13)19-7-10-5-6-12(29-4)15(28)14(10)27/h5-6,9,11,26-28H,7-8H2,1-4H3,(H2,19,20,21,22)/t11-/m0/s1. The lowest BCUT2D eigenvalue weighted by molar-refractivity contribution is 0.248. The Bertz CT molecular complexity index is 1010. The lowest BCUT2D eigenvalue weighted by Crippen LogP contribution is -2.30. The van der Waals surface area contributed by atoms with Crippen molar-refractivity contribution in [3.63, 3.8) is 0 Å². The Kier molecular flexibility index (Phi) is 5.87. The van der Waals surface area contributed by atoms with Crippen molar-refractivity contribution in [1.29, 1.82) is 0 Å². The molecule has 0 saturated carbocycles. The summed E-state index contributed by atoms with van der Waals surface area (Å²) >= 11 is 0. The number of anilines is 2. The fourth-order valence-corrected chi connectivity index (χ4v) is 2.78. The van der Waals surface area contributed by atoms with Crippen LogP contribution in [0.25, 0.3) is 11.2 Å². The Hall–Kier alpha value is -3.34. The van der Waals surface area contributed by atoms with Crippen molar-refractivity contribution in [3.05, 3.63) is 17.7 Å². The molecule has 156 valence electrons. The number of ether oxygens (including phenoxy) is 1. The summed E-state index contributed by atoms with van der Waals surface area (Å²) in [6.07, 6.45) is 0. The molecule has 2 heterocycles. The summed E-state index contributed by atoms with van der Waals surface area (Å²) in [7, 11) is 3.12. The molecular formula is C18H25N7O4. The molecule has 5 N–H and O–H groups in total. The van der Waals surface area contributed by atoms with E-state index in [1.807, 2.05) is 13.8 Å². The van der Waals surface area contributed by atoms with E-state index in [0.29, 0.717) is 28.5 Å². The zero-order chi connectivity index (χ0) is 21.1. The Labute approximate surface area is 167 Å². The molecule has 11 nitrogen and oxygen atoms in total. The maximum absolute atomic E-state index is 10.2. The van der Waals surface area contributed by atoms with Crippen LogP contribution in [-0.4, -0.2) is 60.0 Å². The maximum atomic E-state index is 10.2. The summed E-state index contributed by atoms with van der Waals surface area (Å²) < 4.78 is 6.51. The summed E-state index contributed by atoms with van der Waals surface area (Å²) in [5.74, 6) is 0.462. The van der Waals surface area contributed by atoms with Gasteiger partial charge in [-0.25, -0.2) is 4.68 Å². The Morgan fingerprint density at radius 1 is 1.17 bits per heavy atom. The molecule has 0 fully saturated rings. The van der Waals surface area contributed by atoms with Crippen LogP contribution >= 0.6 is 0 Å². The second-order valence-corrected chi connectivity index (χ2v) is 6.94. The van der Waals surface area contributed by atoms with Gasteiger partial charge in [-0.3, -0.25) is 0 Å². The number of aromatic nitrogens is 5. The van der Waals surface area contributed by atoms with Crippen LogP contribution in [0.5, 0.6) is 17.2 Å². The zero-order valence-corrected chi connectivity index (χ0v) is 16.7. The molecule has 0 saturated heterocycles. The van der Waals surface area contributed by atoms with E-state index in [1.54, 1.807) is 19.2 Å². The molecule has 0 amide bonds. The summed E-state index contributed by atoms with van der Waals surface area (Å²) in [6.45, 7) is 4.07. The first-order valence-electron chi connectivity index (χ1n) is 9.12. The largest absolute Gasteiger partial charge is 0.504 e. The molecule has 0 aliphatic rings. The summed E-state index contributed by atoms with van der Waals surface area (Å²) in [6, 6.07) is 2.98. The fraction of sp³-hybridized carbons (Fsp3) is 0.444.